The monoisotopic (exact) mass is 802 g/mol. The van der Waals surface area contributed by atoms with Gasteiger partial charge in [-0.2, -0.15) is 22.7 Å². The van der Waals surface area contributed by atoms with Gasteiger partial charge in [-0.3, -0.25) is 19.5 Å². The number of anilines is 2. The van der Waals surface area contributed by atoms with E-state index in [9.17, 15) is 36.7 Å². The third kappa shape index (κ3) is 9.04. The largest absolute Gasteiger partial charge is 0.444 e. The van der Waals surface area contributed by atoms with Crippen LogP contribution in [0.15, 0.2) is 36.5 Å². The molecule has 298 valence electrons. The Morgan fingerprint density at radius 1 is 0.982 bits per heavy atom. The number of carbonyl (C=O) groups is 4. The highest BCUT2D eigenvalue weighted by Gasteiger charge is 2.39. The van der Waals surface area contributed by atoms with E-state index in [0.29, 0.717) is 39.0 Å². The number of nitrogens with one attached hydrogen (secondary N) is 3. The Kier molecular flexibility index (Phi) is 11.3. The minimum atomic E-state index is -4.88. The number of halogens is 5. The molecule has 5 heterocycles. The first kappa shape index (κ1) is 40.0. The standard InChI is InChI=1S/C36H39ClF4N10O5/c1-35(2,3)56-34(55)51-10-8-19(9-11-51)32(53)49-12-14-50(15-13-49)33(54)22-5-4-20(17-25(22)37)45-31(52)30-43-18-21(44-30)16-24-27(47-48-28(24)36(39,40)41)23-6-7-26(42)46-29(23)38/h4-7,17-19H,8-16H2,1-3H3,(H2,42,46)(H,43,44)(H,45,52)(H,47,48). The summed E-state index contributed by atoms with van der Waals surface area (Å²) in [6.07, 6.45) is -3.51. The quantitative estimate of drug-likeness (QED) is 0.141. The van der Waals surface area contributed by atoms with Crippen LogP contribution in [0.3, 0.4) is 0 Å². The average Bonchev–Trinajstić information content (AvgIpc) is 3.78. The minimum absolute atomic E-state index is 0.00821. The zero-order valence-electron chi connectivity index (χ0n) is 30.6. The number of H-pyrrole nitrogens is 2. The molecule has 15 nitrogen and oxygen atoms in total. The number of nitrogens with two attached hydrogens (primary N) is 1. The highest BCUT2D eigenvalue weighted by molar-refractivity contribution is 6.34. The number of carbonyl (C=O) groups excluding carboxylic acids is 4. The normalized spacial score (nSPS) is 15.5. The number of pyridine rings is 1. The average molecular weight is 803 g/mol. The molecular weight excluding hydrogens is 764 g/mol. The Labute approximate surface area is 322 Å². The molecule has 0 aliphatic carbocycles. The van der Waals surface area contributed by atoms with E-state index < -0.39 is 47.4 Å². The smallest absolute Gasteiger partial charge is 0.435 e. The van der Waals surface area contributed by atoms with Gasteiger partial charge < -0.3 is 35.5 Å². The molecular formula is C36H39ClF4N10O5. The summed E-state index contributed by atoms with van der Waals surface area (Å²) in [5.41, 5.74) is 3.14. The zero-order valence-corrected chi connectivity index (χ0v) is 31.4. The van der Waals surface area contributed by atoms with Crippen molar-refractivity contribution in [1.82, 2.24) is 39.8 Å². The number of piperazine rings is 1. The van der Waals surface area contributed by atoms with Crippen LogP contribution in [0.4, 0.5) is 33.9 Å². The summed E-state index contributed by atoms with van der Waals surface area (Å²) in [4.78, 5) is 67.2. The van der Waals surface area contributed by atoms with Crippen LogP contribution >= 0.6 is 11.6 Å². The lowest BCUT2D eigenvalue weighted by Crippen LogP contribution is -2.53. The van der Waals surface area contributed by atoms with Gasteiger partial charge in [0.1, 0.15) is 11.4 Å². The second kappa shape index (κ2) is 15.8. The van der Waals surface area contributed by atoms with Crippen LogP contribution in [0.2, 0.25) is 5.02 Å². The Balaban J connectivity index is 1.03. The summed E-state index contributed by atoms with van der Waals surface area (Å²) >= 11 is 6.48. The zero-order chi connectivity index (χ0) is 40.5. The molecule has 56 heavy (non-hydrogen) atoms. The molecule has 2 fully saturated rings. The number of alkyl halides is 3. The maximum absolute atomic E-state index is 14.6. The summed E-state index contributed by atoms with van der Waals surface area (Å²) in [7, 11) is 0. The second-order valence-electron chi connectivity index (χ2n) is 14.4. The van der Waals surface area contributed by atoms with Crippen molar-refractivity contribution >= 4 is 46.9 Å². The third-order valence-electron chi connectivity index (χ3n) is 9.32. The number of hydrogen-bond acceptors (Lipinski definition) is 9. The topological polar surface area (TPSA) is 196 Å². The molecule has 0 unspecified atom stereocenters. The van der Waals surface area contributed by atoms with E-state index >= 15 is 0 Å². The van der Waals surface area contributed by atoms with Gasteiger partial charge >= 0.3 is 12.3 Å². The van der Waals surface area contributed by atoms with Crippen molar-refractivity contribution in [2.45, 2.75) is 51.8 Å². The predicted molar refractivity (Wildman–Crippen MR) is 195 cm³/mol. The number of rotatable bonds is 7. The van der Waals surface area contributed by atoms with Crippen molar-refractivity contribution in [2.24, 2.45) is 5.92 Å². The molecule has 0 radical (unpaired) electrons. The van der Waals surface area contributed by atoms with E-state index in [2.05, 4.69) is 30.5 Å². The molecule has 2 saturated heterocycles. The van der Waals surface area contributed by atoms with E-state index in [0.717, 1.165) is 0 Å². The Morgan fingerprint density at radius 2 is 1.66 bits per heavy atom. The van der Waals surface area contributed by atoms with E-state index in [1.807, 2.05) is 0 Å². The highest BCUT2D eigenvalue weighted by Crippen LogP contribution is 2.37. The number of ether oxygens (including phenoxy) is 1. The summed E-state index contributed by atoms with van der Waals surface area (Å²) in [5, 5.41) is 8.24. The van der Waals surface area contributed by atoms with Crippen LogP contribution in [-0.2, 0) is 22.1 Å². The number of benzene rings is 1. The van der Waals surface area contributed by atoms with E-state index in [1.54, 1.807) is 35.5 Å². The fraction of sp³-hybridized carbons (Fsp3) is 0.417. The molecule has 1 aromatic carbocycles. The van der Waals surface area contributed by atoms with Gasteiger partial charge in [0, 0.05) is 74.7 Å². The molecule has 20 heteroatoms. The third-order valence-corrected chi connectivity index (χ3v) is 9.63. The number of aromatic nitrogens is 5. The van der Waals surface area contributed by atoms with Crippen LogP contribution in [-0.4, -0.2) is 109 Å². The van der Waals surface area contributed by atoms with E-state index in [1.165, 1.54) is 36.5 Å². The summed E-state index contributed by atoms with van der Waals surface area (Å²) in [6, 6.07) is 6.71. The van der Waals surface area contributed by atoms with Gasteiger partial charge in [0.25, 0.3) is 11.8 Å². The highest BCUT2D eigenvalue weighted by atomic mass is 35.5. The number of nitrogens with zero attached hydrogens (tertiary/aromatic N) is 6. The van der Waals surface area contributed by atoms with Crippen molar-refractivity contribution in [3.63, 3.8) is 0 Å². The molecule has 3 aromatic heterocycles. The lowest BCUT2D eigenvalue weighted by Gasteiger charge is -2.38. The molecule has 2 aliphatic heterocycles. The number of amides is 4. The van der Waals surface area contributed by atoms with E-state index in [-0.39, 0.29) is 75.7 Å². The van der Waals surface area contributed by atoms with E-state index in [4.69, 9.17) is 22.1 Å². The van der Waals surface area contributed by atoms with Crippen LogP contribution in [0, 0.1) is 11.9 Å². The van der Waals surface area contributed by atoms with Gasteiger partial charge in [-0.1, -0.05) is 11.6 Å². The summed E-state index contributed by atoms with van der Waals surface area (Å²) in [5.74, 6) is -2.84. The van der Waals surface area contributed by atoms with Crippen molar-refractivity contribution in [2.75, 3.05) is 50.3 Å². The lowest BCUT2D eigenvalue weighted by atomic mass is 9.95. The molecule has 4 aromatic rings. The molecule has 0 atom stereocenters. The summed E-state index contributed by atoms with van der Waals surface area (Å²) < 4.78 is 61.6. The Morgan fingerprint density at radius 3 is 2.29 bits per heavy atom. The van der Waals surface area contributed by atoms with Gasteiger partial charge in [-0.05, 0) is 63.9 Å². The van der Waals surface area contributed by atoms with Crippen LogP contribution in [0.1, 0.15) is 71.5 Å². The maximum atomic E-state index is 14.6. The number of hydrogen-bond donors (Lipinski definition) is 4. The van der Waals surface area contributed by atoms with Crippen LogP contribution in [0.5, 0.6) is 0 Å². The van der Waals surface area contributed by atoms with Gasteiger partial charge in [0.2, 0.25) is 11.9 Å². The molecule has 0 spiro atoms. The maximum Gasteiger partial charge on any atom is 0.435 e. The number of likely N-dealkylation sites (tertiary alicyclic amines) is 1. The van der Waals surface area contributed by atoms with Crippen LogP contribution in [0.25, 0.3) is 11.3 Å². The fourth-order valence-electron chi connectivity index (χ4n) is 6.53. The van der Waals surface area contributed by atoms with Gasteiger partial charge in [0.05, 0.1) is 21.8 Å². The van der Waals surface area contributed by atoms with Crippen molar-refractivity contribution < 1.29 is 41.5 Å². The second-order valence-corrected chi connectivity index (χ2v) is 14.8. The van der Waals surface area contributed by atoms with Crippen molar-refractivity contribution in [3.8, 4) is 11.3 Å². The lowest BCUT2D eigenvalue weighted by molar-refractivity contribution is -0.141. The summed E-state index contributed by atoms with van der Waals surface area (Å²) in [6.45, 7) is 7.49. The van der Waals surface area contributed by atoms with Gasteiger partial charge in [-0.15, -0.1) is 0 Å². The fourth-order valence-corrected chi connectivity index (χ4v) is 6.80. The molecule has 0 saturated carbocycles. The molecule has 2 aliphatic rings. The molecule has 5 N–H and O–H groups in total. The van der Waals surface area contributed by atoms with Gasteiger partial charge in [0.15, 0.2) is 11.5 Å². The Hall–Kier alpha value is -5.72. The van der Waals surface area contributed by atoms with Crippen molar-refractivity contribution in [1.29, 1.82) is 0 Å². The first-order valence-electron chi connectivity index (χ1n) is 17.7. The minimum Gasteiger partial charge on any atom is -0.444 e. The molecule has 0 bridgehead atoms. The predicted octanol–water partition coefficient (Wildman–Crippen LogP) is 5.36. The number of nitrogen functional groups attached to an aromatic ring is 1. The number of imidazole rings is 1. The number of piperidine rings is 1. The molecule has 4 amide bonds. The number of aromatic amines is 2. The first-order chi connectivity index (χ1) is 26.4. The molecule has 6 rings (SSSR count). The SMILES string of the molecule is CC(C)(C)OC(=O)N1CCC(C(=O)N2CCN(C(=O)c3ccc(NC(=O)c4ncc(Cc5c(C(F)(F)F)n[nH]c5-c5ccc(N)nc5F)[nH]4)cc3Cl)CC2)CC1. The first-order valence-corrected chi connectivity index (χ1v) is 18.0. The van der Waals surface area contributed by atoms with Crippen molar-refractivity contribution in [3.05, 3.63) is 75.8 Å². The van der Waals surface area contributed by atoms with Gasteiger partial charge in [-0.25, -0.2) is 14.8 Å². The van der Waals surface area contributed by atoms with Crippen LogP contribution < -0.4 is 11.1 Å². The Bertz CT molecular complexity index is 2130.